The van der Waals surface area contributed by atoms with Gasteiger partial charge in [-0.1, -0.05) is 0 Å². The number of amides is 1. The quantitative estimate of drug-likeness (QED) is 0.387. The molecule has 7 heteroatoms. The van der Waals surface area contributed by atoms with Crippen molar-refractivity contribution >= 4 is 29.1 Å². The van der Waals surface area contributed by atoms with Gasteiger partial charge in [-0.25, -0.2) is 4.99 Å². The van der Waals surface area contributed by atoms with Crippen LogP contribution in [0.5, 0.6) is 0 Å². The van der Waals surface area contributed by atoms with E-state index in [0.717, 1.165) is 0 Å². The molecule has 6 nitrogen and oxygen atoms in total. The molecular formula is C4H4N4O2S. The van der Waals surface area contributed by atoms with Crippen LogP contribution in [0.2, 0.25) is 0 Å². The molecule has 0 bridgehead atoms. The molecule has 1 amide bonds. The lowest BCUT2D eigenvalue weighted by Gasteiger charge is -2.13. The van der Waals surface area contributed by atoms with Crippen LogP contribution in [-0.4, -0.2) is 22.9 Å². The van der Waals surface area contributed by atoms with Gasteiger partial charge in [0, 0.05) is 0 Å². The number of nitrogens with zero attached hydrogens (tertiary/aromatic N) is 2. The molecule has 0 unspecified atom stereocenters. The van der Waals surface area contributed by atoms with E-state index in [0.29, 0.717) is 0 Å². The van der Waals surface area contributed by atoms with Crippen molar-refractivity contribution in [1.82, 2.24) is 5.32 Å². The Labute approximate surface area is 66.8 Å². The van der Waals surface area contributed by atoms with Gasteiger partial charge < -0.3 is 5.73 Å². The molecule has 0 radical (unpaired) electrons. The van der Waals surface area contributed by atoms with Gasteiger partial charge in [-0.3, -0.25) is 10.1 Å². The number of nitroso groups, excluding NO2 is 1. The number of carbonyl (C=O) groups excluding carboxylic acids is 1. The van der Waals surface area contributed by atoms with E-state index in [1.54, 1.807) is 0 Å². The van der Waals surface area contributed by atoms with Gasteiger partial charge in [-0.15, -0.1) is 4.91 Å². The van der Waals surface area contributed by atoms with Crippen LogP contribution in [0, 0.1) is 4.91 Å². The maximum atomic E-state index is 10.8. The second kappa shape index (κ2) is 2.70. The van der Waals surface area contributed by atoms with Crippen LogP contribution in [0.25, 0.3) is 0 Å². The Balaban J connectivity index is 2.97. The van der Waals surface area contributed by atoms with E-state index in [4.69, 9.17) is 5.73 Å². The van der Waals surface area contributed by atoms with Gasteiger partial charge in [0.15, 0.2) is 0 Å². The minimum Gasteiger partial charge on any atom is -0.385 e. The molecule has 0 saturated heterocycles. The number of hydrogen-bond donors (Lipinski definition) is 2. The summed E-state index contributed by atoms with van der Waals surface area (Å²) in [5, 5.41) is 4.57. The number of rotatable bonds is 1. The maximum absolute atomic E-state index is 10.8. The monoisotopic (exact) mass is 172 g/mol. The van der Waals surface area contributed by atoms with E-state index in [9.17, 15) is 9.70 Å². The van der Waals surface area contributed by atoms with Crippen molar-refractivity contribution in [1.29, 1.82) is 0 Å². The summed E-state index contributed by atoms with van der Waals surface area (Å²) >= 11 is 4.52. The molecule has 1 heterocycles. The summed E-state index contributed by atoms with van der Waals surface area (Å²) in [4.78, 5) is 24.3. The normalized spacial score (nSPS) is 24.0. The summed E-state index contributed by atoms with van der Waals surface area (Å²) in [6.45, 7) is 0. The third-order valence-corrected chi connectivity index (χ3v) is 1.29. The molecule has 0 aromatic rings. The highest BCUT2D eigenvalue weighted by molar-refractivity contribution is 7.80. The highest BCUT2D eigenvalue weighted by atomic mass is 32.1. The zero-order valence-corrected chi connectivity index (χ0v) is 6.09. The molecule has 0 aliphatic carbocycles. The van der Waals surface area contributed by atoms with Crippen molar-refractivity contribution in [3.05, 3.63) is 4.91 Å². The molecule has 0 fully saturated rings. The molecule has 3 N–H and O–H groups in total. The summed E-state index contributed by atoms with van der Waals surface area (Å²) in [6, 6.07) is -1.23. The molecule has 1 aliphatic heterocycles. The standard InChI is InChI=1S/C4H4N4O2S/c5-2-1(8-10)3(9)7-4(11)6-2/h1H,(H3,5,6,7,9,11)/t1-/m0/s1. The summed E-state index contributed by atoms with van der Waals surface area (Å²) in [5.74, 6) is -0.786. The second-order valence-corrected chi connectivity index (χ2v) is 2.23. The van der Waals surface area contributed by atoms with E-state index in [2.05, 4.69) is 27.7 Å². The van der Waals surface area contributed by atoms with Crippen molar-refractivity contribution in [3.8, 4) is 0 Å². The summed E-state index contributed by atoms with van der Waals surface area (Å²) in [7, 11) is 0. The number of aliphatic imine (C=N–C) groups is 1. The van der Waals surface area contributed by atoms with E-state index in [-0.39, 0.29) is 10.9 Å². The van der Waals surface area contributed by atoms with Gasteiger partial charge in [0.05, 0.1) is 0 Å². The molecule has 0 aromatic carbocycles. The summed E-state index contributed by atoms with van der Waals surface area (Å²) in [5.41, 5.74) is 5.18. The van der Waals surface area contributed by atoms with E-state index < -0.39 is 11.9 Å². The molecule has 1 atom stereocenters. The molecule has 58 valence electrons. The third kappa shape index (κ3) is 1.37. The van der Waals surface area contributed by atoms with Crippen LogP contribution in [-0.2, 0) is 4.79 Å². The minimum absolute atomic E-state index is 0.0348. The lowest BCUT2D eigenvalue weighted by molar-refractivity contribution is -0.119. The van der Waals surface area contributed by atoms with Crippen molar-refractivity contribution < 1.29 is 4.79 Å². The maximum Gasteiger partial charge on any atom is 0.262 e. The minimum atomic E-state index is -1.23. The molecule has 0 saturated carbocycles. The molecule has 1 aliphatic rings. The molecule has 11 heavy (non-hydrogen) atoms. The van der Waals surface area contributed by atoms with Crippen molar-refractivity contribution in [2.45, 2.75) is 6.04 Å². The first kappa shape index (κ1) is 7.73. The van der Waals surface area contributed by atoms with Gasteiger partial charge in [0.2, 0.25) is 11.2 Å². The van der Waals surface area contributed by atoms with Crippen LogP contribution in [0.1, 0.15) is 0 Å². The fourth-order valence-corrected chi connectivity index (χ4v) is 0.822. The molecule has 0 spiro atoms. The van der Waals surface area contributed by atoms with Crippen LogP contribution in [0.15, 0.2) is 10.2 Å². The average molecular weight is 172 g/mol. The predicted molar refractivity (Wildman–Crippen MR) is 41.9 cm³/mol. The lowest BCUT2D eigenvalue weighted by Crippen LogP contribution is -2.48. The number of carbonyl (C=O) groups is 1. The average Bonchev–Trinajstić information content (AvgIpc) is 1.85. The van der Waals surface area contributed by atoms with E-state index >= 15 is 0 Å². The van der Waals surface area contributed by atoms with Crippen LogP contribution in [0.4, 0.5) is 0 Å². The SMILES string of the molecule is NC1=NC(=S)NC(=O)[C@H]1N=O. The number of nitrogens with one attached hydrogen (secondary N) is 1. The first-order valence-electron chi connectivity index (χ1n) is 2.66. The number of nitrogens with two attached hydrogens (primary N) is 1. The van der Waals surface area contributed by atoms with Crippen LogP contribution < -0.4 is 11.1 Å². The topological polar surface area (TPSA) is 96.9 Å². The van der Waals surface area contributed by atoms with Crippen molar-refractivity contribution in [2.75, 3.05) is 0 Å². The highest BCUT2D eigenvalue weighted by Gasteiger charge is 2.28. The highest BCUT2D eigenvalue weighted by Crippen LogP contribution is 1.97. The smallest absolute Gasteiger partial charge is 0.262 e. The summed E-state index contributed by atoms with van der Waals surface area (Å²) < 4.78 is 0. The van der Waals surface area contributed by atoms with Gasteiger partial charge in [0.1, 0.15) is 5.84 Å². The lowest BCUT2D eigenvalue weighted by atomic mass is 10.2. The Morgan fingerprint density at radius 3 is 2.82 bits per heavy atom. The first-order chi connectivity index (χ1) is 5.15. The van der Waals surface area contributed by atoms with Crippen molar-refractivity contribution in [2.24, 2.45) is 15.9 Å². The predicted octanol–water partition coefficient (Wildman–Crippen LogP) is -1.11. The first-order valence-corrected chi connectivity index (χ1v) is 3.07. The number of thiocarbonyl (C=S) groups is 1. The van der Waals surface area contributed by atoms with Gasteiger partial charge in [-0.05, 0) is 17.4 Å². The van der Waals surface area contributed by atoms with E-state index in [1.165, 1.54) is 0 Å². The van der Waals surface area contributed by atoms with Gasteiger partial charge in [-0.2, -0.15) is 0 Å². The second-order valence-electron chi connectivity index (χ2n) is 1.84. The molecular weight excluding hydrogens is 168 g/mol. The Morgan fingerprint density at radius 2 is 2.36 bits per heavy atom. The zero-order chi connectivity index (χ0) is 8.43. The fourth-order valence-electron chi connectivity index (χ4n) is 0.616. The fraction of sp³-hybridized carbons (Fsp3) is 0.250. The zero-order valence-electron chi connectivity index (χ0n) is 5.27. The largest absolute Gasteiger partial charge is 0.385 e. The third-order valence-electron chi connectivity index (χ3n) is 1.09. The number of hydrogen-bond acceptors (Lipinski definition) is 5. The summed E-state index contributed by atoms with van der Waals surface area (Å²) in [6.07, 6.45) is 0. The van der Waals surface area contributed by atoms with Gasteiger partial charge in [0.25, 0.3) is 5.91 Å². The van der Waals surface area contributed by atoms with Crippen molar-refractivity contribution in [3.63, 3.8) is 0 Å². The Kier molecular flexibility index (Phi) is 1.90. The van der Waals surface area contributed by atoms with Crippen LogP contribution >= 0.6 is 12.2 Å². The number of amidine groups is 1. The molecule has 1 rings (SSSR count). The Morgan fingerprint density at radius 1 is 1.73 bits per heavy atom. The Hall–Kier alpha value is -1.37. The van der Waals surface area contributed by atoms with Crippen LogP contribution in [0.3, 0.4) is 0 Å². The van der Waals surface area contributed by atoms with Gasteiger partial charge >= 0.3 is 0 Å². The molecule has 0 aromatic heterocycles. The Bertz CT molecular complexity index is 261. The van der Waals surface area contributed by atoms with E-state index in [1.807, 2.05) is 0 Å².